The second kappa shape index (κ2) is 8.92. The maximum absolute atomic E-state index is 12.3. The molecule has 2 aliphatic carbocycles. The average Bonchev–Trinajstić information content (AvgIpc) is 2.99. The highest BCUT2D eigenvalue weighted by atomic mass is 16.7. The summed E-state index contributed by atoms with van der Waals surface area (Å²) in [6, 6.07) is 4.10. The summed E-state index contributed by atoms with van der Waals surface area (Å²) in [7, 11) is 0. The maximum atomic E-state index is 12.3. The number of carboxylic acids is 1. The van der Waals surface area contributed by atoms with Crippen LogP contribution in [0, 0.1) is 18.8 Å². The molecule has 0 spiro atoms. The number of ether oxygens (including phenoxy) is 3. The van der Waals surface area contributed by atoms with Crippen molar-refractivity contribution < 1.29 is 49.3 Å². The van der Waals surface area contributed by atoms with Gasteiger partial charge in [0.05, 0.1) is 22.8 Å². The van der Waals surface area contributed by atoms with Crippen molar-refractivity contribution in [3.63, 3.8) is 0 Å². The molecule has 2 aromatic rings. The van der Waals surface area contributed by atoms with Crippen LogP contribution in [0.2, 0.25) is 0 Å². The minimum atomic E-state index is -1.64. The lowest BCUT2D eigenvalue weighted by molar-refractivity contribution is -0.363. The fraction of sp³-hybridized carbons (Fsp3) is 0.517. The third-order valence-electron chi connectivity index (χ3n) is 9.25. The van der Waals surface area contributed by atoms with Crippen molar-refractivity contribution in [1.82, 2.24) is 0 Å². The summed E-state index contributed by atoms with van der Waals surface area (Å²) in [6.07, 6.45) is 0.907. The molecule has 39 heavy (non-hydrogen) atoms. The number of Topliss-reactive ketones (excluding diaryl/α,β-unsaturated/α-hetero) is 1. The van der Waals surface area contributed by atoms with Gasteiger partial charge in [-0.1, -0.05) is 12.5 Å². The number of aromatic carboxylic acids is 1. The Kier molecular flexibility index (Phi) is 5.96. The van der Waals surface area contributed by atoms with Crippen molar-refractivity contribution in [1.29, 1.82) is 0 Å². The number of rotatable bonds is 4. The number of carboxylic acid groups (broad SMARTS) is 1. The van der Waals surface area contributed by atoms with Crippen LogP contribution in [0.4, 0.5) is 0 Å². The largest absolute Gasteiger partial charge is 0.506 e. The molecule has 6 rings (SSSR count). The molecule has 3 fully saturated rings. The molecule has 1 saturated heterocycles. The van der Waals surface area contributed by atoms with Gasteiger partial charge in [-0.3, -0.25) is 4.79 Å². The Morgan fingerprint density at radius 1 is 1.13 bits per heavy atom. The van der Waals surface area contributed by atoms with Gasteiger partial charge in [-0.15, -0.1) is 0 Å². The van der Waals surface area contributed by atoms with Crippen LogP contribution in [-0.4, -0.2) is 73.1 Å². The number of hydrogen-bond acceptors (Lipinski definition) is 9. The van der Waals surface area contributed by atoms with Gasteiger partial charge in [0.25, 0.3) is 0 Å². The maximum Gasteiger partial charge on any atom is 0.335 e. The molecule has 4 aliphatic rings. The van der Waals surface area contributed by atoms with E-state index in [-0.39, 0.29) is 34.1 Å². The van der Waals surface area contributed by atoms with Crippen LogP contribution in [-0.2, 0) is 9.47 Å². The number of fused-ring (bicyclic) bond motifs is 1. The van der Waals surface area contributed by atoms with Gasteiger partial charge in [-0.05, 0) is 74.6 Å². The zero-order valence-corrected chi connectivity index (χ0v) is 21.7. The van der Waals surface area contributed by atoms with E-state index in [2.05, 4.69) is 0 Å². The Bertz CT molecular complexity index is 1400. The topological polar surface area (TPSA) is 163 Å². The molecule has 208 valence electrons. The van der Waals surface area contributed by atoms with Crippen LogP contribution in [0.15, 0.2) is 30.5 Å². The smallest absolute Gasteiger partial charge is 0.335 e. The van der Waals surface area contributed by atoms with Crippen molar-refractivity contribution in [3.05, 3.63) is 47.2 Å². The standard InChI is InChI=1S/C29H32O10/c1-13-10-15-11-16(25(34)35)12-19(21(15)22(31)20(13)14(2)30)38-26-23(32)24(33)28-8-6-17-4-3-5-18(7-9-37-28)29(17,36)27(28)39-26/h7,9-12,17-18,23-24,26-27,31-33,36H,3-6,8H2,1-2H3,(H,34,35)/t17-,18+,23+,24+,26+,27-,28-,29-/m0/s1. The SMILES string of the molecule is CC(=O)c1c(C)cc2cc(C(=O)O)cc(O[C@@H]3O[C@H]4[C@]5(CC[C@@H]6CCC[C@H](C=CO5)[C@@]64O)[C@H](O)[C@H]3O)c2c1O. The molecule has 2 bridgehead atoms. The van der Waals surface area contributed by atoms with Gasteiger partial charge >= 0.3 is 5.97 Å². The monoisotopic (exact) mass is 540 g/mol. The third kappa shape index (κ3) is 3.62. The van der Waals surface area contributed by atoms with Crippen molar-refractivity contribution >= 4 is 22.5 Å². The number of aliphatic hydroxyl groups is 3. The minimum absolute atomic E-state index is 0.0550. The van der Waals surface area contributed by atoms with Gasteiger partial charge in [-0.2, -0.15) is 0 Å². The van der Waals surface area contributed by atoms with Crippen LogP contribution >= 0.6 is 0 Å². The van der Waals surface area contributed by atoms with E-state index in [1.165, 1.54) is 25.3 Å². The van der Waals surface area contributed by atoms with Gasteiger partial charge in [0.2, 0.25) is 6.29 Å². The lowest BCUT2D eigenvalue weighted by Crippen LogP contribution is -2.77. The van der Waals surface area contributed by atoms with Gasteiger partial charge < -0.3 is 39.7 Å². The van der Waals surface area contributed by atoms with E-state index < -0.39 is 53.3 Å². The van der Waals surface area contributed by atoms with Crippen LogP contribution in [0.5, 0.6) is 11.5 Å². The summed E-state index contributed by atoms with van der Waals surface area (Å²) in [5.41, 5.74) is -2.42. The van der Waals surface area contributed by atoms with E-state index in [1.54, 1.807) is 19.1 Å². The fourth-order valence-electron chi connectivity index (χ4n) is 7.44. The van der Waals surface area contributed by atoms with E-state index in [1.807, 2.05) is 0 Å². The molecule has 5 N–H and O–H groups in total. The first kappa shape index (κ1) is 26.1. The molecule has 10 heteroatoms. The number of aryl methyl sites for hydroxylation is 1. The molecule has 0 aromatic heterocycles. The highest BCUT2D eigenvalue weighted by Gasteiger charge is 2.70. The zero-order chi connectivity index (χ0) is 27.9. The molecule has 8 atom stereocenters. The quantitative estimate of drug-likeness (QED) is 0.365. The van der Waals surface area contributed by atoms with Crippen molar-refractivity contribution in [2.75, 3.05) is 0 Å². The molecule has 2 saturated carbocycles. The summed E-state index contributed by atoms with van der Waals surface area (Å²) in [6.45, 7) is 2.93. The second-order valence-corrected chi connectivity index (χ2v) is 11.4. The molecular formula is C29H32O10. The Morgan fingerprint density at radius 3 is 2.62 bits per heavy atom. The van der Waals surface area contributed by atoms with Gasteiger partial charge in [0.15, 0.2) is 11.4 Å². The summed E-state index contributed by atoms with van der Waals surface area (Å²) in [5.74, 6) is -2.58. The first-order valence-corrected chi connectivity index (χ1v) is 13.3. The zero-order valence-electron chi connectivity index (χ0n) is 21.7. The number of benzene rings is 2. The molecule has 2 heterocycles. The average molecular weight is 541 g/mol. The second-order valence-electron chi connectivity index (χ2n) is 11.4. The number of carbonyl (C=O) groups is 2. The molecule has 0 radical (unpaired) electrons. The van der Waals surface area contributed by atoms with Gasteiger partial charge in [0.1, 0.15) is 35.4 Å². The van der Waals surface area contributed by atoms with Crippen LogP contribution in [0.3, 0.4) is 0 Å². The third-order valence-corrected chi connectivity index (χ3v) is 9.25. The lowest BCUT2D eigenvalue weighted by Gasteiger charge is -2.61. The summed E-state index contributed by atoms with van der Waals surface area (Å²) in [5, 5.41) is 56.0. The fourth-order valence-corrected chi connectivity index (χ4v) is 7.44. The van der Waals surface area contributed by atoms with Crippen molar-refractivity contribution in [3.8, 4) is 11.5 Å². The molecule has 0 amide bonds. The summed E-state index contributed by atoms with van der Waals surface area (Å²) in [4.78, 5) is 24.2. The van der Waals surface area contributed by atoms with Gasteiger partial charge in [0, 0.05) is 5.92 Å². The lowest BCUT2D eigenvalue weighted by atomic mass is 9.55. The number of ketones is 1. The predicted octanol–water partition coefficient (Wildman–Crippen LogP) is 2.80. The van der Waals surface area contributed by atoms with E-state index in [9.17, 15) is 35.1 Å². The Morgan fingerprint density at radius 2 is 1.90 bits per heavy atom. The summed E-state index contributed by atoms with van der Waals surface area (Å²) < 4.78 is 18.4. The predicted molar refractivity (Wildman–Crippen MR) is 137 cm³/mol. The van der Waals surface area contributed by atoms with E-state index in [0.717, 1.165) is 12.8 Å². The number of aliphatic hydroxyl groups excluding tert-OH is 2. The molecule has 10 nitrogen and oxygen atoms in total. The Hall–Kier alpha value is -3.18. The van der Waals surface area contributed by atoms with E-state index in [0.29, 0.717) is 30.2 Å². The number of aromatic hydroxyl groups is 1. The summed E-state index contributed by atoms with van der Waals surface area (Å²) >= 11 is 0. The highest BCUT2D eigenvalue weighted by molar-refractivity contribution is 6.08. The number of carbonyl (C=O) groups excluding carboxylic acids is 1. The van der Waals surface area contributed by atoms with Crippen molar-refractivity contribution in [2.45, 2.75) is 81.8 Å². The molecule has 2 aromatic carbocycles. The van der Waals surface area contributed by atoms with Crippen molar-refractivity contribution in [2.24, 2.45) is 11.8 Å². The molecule has 2 aliphatic heterocycles. The normalized spacial score (nSPS) is 36.9. The van der Waals surface area contributed by atoms with E-state index in [4.69, 9.17) is 14.2 Å². The van der Waals surface area contributed by atoms with E-state index >= 15 is 0 Å². The Balaban J connectivity index is 1.46. The number of phenols is 1. The first-order valence-electron chi connectivity index (χ1n) is 13.3. The van der Waals surface area contributed by atoms with Crippen LogP contribution in [0.25, 0.3) is 10.8 Å². The molecular weight excluding hydrogens is 508 g/mol. The van der Waals surface area contributed by atoms with Crippen LogP contribution in [0.1, 0.15) is 65.3 Å². The minimum Gasteiger partial charge on any atom is -0.506 e. The molecule has 0 unspecified atom stereocenters. The number of phenolic OH excluding ortho intramolecular Hbond substituents is 1. The highest BCUT2D eigenvalue weighted by Crippen LogP contribution is 2.57. The Labute approximate surface area is 224 Å². The first-order chi connectivity index (χ1) is 18.5. The van der Waals surface area contributed by atoms with Gasteiger partial charge in [-0.25, -0.2) is 4.79 Å². The van der Waals surface area contributed by atoms with Crippen LogP contribution < -0.4 is 4.74 Å². The number of hydrogen-bond donors (Lipinski definition) is 5.